The van der Waals surface area contributed by atoms with Crippen molar-refractivity contribution in [1.82, 2.24) is 20.5 Å². The van der Waals surface area contributed by atoms with Gasteiger partial charge >= 0.3 is 0 Å². The summed E-state index contributed by atoms with van der Waals surface area (Å²) in [5, 5.41) is 11.7. The second-order valence-electron chi connectivity index (χ2n) is 8.26. The van der Waals surface area contributed by atoms with Gasteiger partial charge in [-0.2, -0.15) is 5.10 Å². The quantitative estimate of drug-likeness (QED) is 0.714. The van der Waals surface area contributed by atoms with Crippen LogP contribution in [0, 0.1) is 5.41 Å². The Morgan fingerprint density at radius 3 is 2.59 bits per heavy atom. The summed E-state index contributed by atoms with van der Waals surface area (Å²) in [5.41, 5.74) is 1.68. The van der Waals surface area contributed by atoms with Gasteiger partial charge in [-0.15, -0.1) is 0 Å². The van der Waals surface area contributed by atoms with Gasteiger partial charge in [0.25, 0.3) is 11.5 Å². The molecule has 0 radical (unpaired) electrons. The zero-order chi connectivity index (χ0) is 20.0. The molecule has 2 aliphatic carbocycles. The summed E-state index contributed by atoms with van der Waals surface area (Å²) in [5.74, 6) is 0.761. The van der Waals surface area contributed by atoms with Crippen molar-refractivity contribution in [2.45, 2.75) is 37.6 Å². The minimum Gasteiger partial charge on any atom is -0.481 e. The number of H-pyrrole nitrogens is 1. The van der Waals surface area contributed by atoms with Crippen LogP contribution in [0.3, 0.4) is 0 Å². The predicted molar refractivity (Wildman–Crippen MR) is 108 cm³/mol. The fourth-order valence-corrected chi connectivity index (χ4v) is 4.95. The van der Waals surface area contributed by atoms with Gasteiger partial charge in [-0.25, -0.2) is 10.1 Å². The summed E-state index contributed by atoms with van der Waals surface area (Å²) in [6, 6.07) is 11.3. The number of ether oxygens (including phenoxy) is 1. The molecule has 0 unspecified atom stereocenters. The highest BCUT2D eigenvalue weighted by Gasteiger charge is 2.54. The molecule has 2 heterocycles. The van der Waals surface area contributed by atoms with Crippen LogP contribution >= 0.6 is 0 Å². The van der Waals surface area contributed by atoms with Crippen LogP contribution in [-0.4, -0.2) is 34.2 Å². The van der Waals surface area contributed by atoms with Crippen LogP contribution in [0.2, 0.25) is 0 Å². The normalized spacial score (nSPS) is 25.3. The summed E-state index contributed by atoms with van der Waals surface area (Å²) in [6.45, 7) is 0. The third-order valence-corrected chi connectivity index (χ3v) is 6.37. The van der Waals surface area contributed by atoms with Crippen LogP contribution in [0.4, 0.5) is 0 Å². The van der Waals surface area contributed by atoms with Crippen molar-refractivity contribution < 1.29 is 9.53 Å². The number of nitrogens with zero attached hydrogens (tertiary/aromatic N) is 2. The Hall–Kier alpha value is -3.22. The van der Waals surface area contributed by atoms with Crippen molar-refractivity contribution in [2.75, 3.05) is 7.11 Å². The number of pyridine rings is 1. The van der Waals surface area contributed by atoms with Crippen molar-refractivity contribution >= 4 is 16.7 Å². The molecule has 3 aromatic rings. The van der Waals surface area contributed by atoms with E-state index in [2.05, 4.69) is 20.5 Å². The van der Waals surface area contributed by atoms with Crippen molar-refractivity contribution in [3.8, 4) is 5.88 Å². The molecule has 2 aliphatic rings. The van der Waals surface area contributed by atoms with Crippen LogP contribution in [-0.2, 0) is 0 Å². The van der Waals surface area contributed by atoms with Gasteiger partial charge in [0.05, 0.1) is 23.8 Å². The first-order valence-corrected chi connectivity index (χ1v) is 9.85. The molecule has 0 atom stereocenters. The van der Waals surface area contributed by atoms with Crippen LogP contribution in [0.15, 0.2) is 47.4 Å². The molecule has 7 heteroatoms. The second-order valence-corrected chi connectivity index (χ2v) is 8.26. The van der Waals surface area contributed by atoms with Crippen LogP contribution in [0.25, 0.3) is 10.8 Å². The van der Waals surface area contributed by atoms with E-state index in [0.717, 1.165) is 36.8 Å². The summed E-state index contributed by atoms with van der Waals surface area (Å²) in [6.07, 6.45) is 5.61. The molecular formula is C22H22N4O3. The number of nitrogens with one attached hydrogen (secondary N) is 2. The minimum atomic E-state index is -0.141. The van der Waals surface area contributed by atoms with Crippen molar-refractivity contribution in [3.05, 3.63) is 64.2 Å². The fourth-order valence-electron chi connectivity index (χ4n) is 4.95. The number of aromatic amines is 1. The maximum atomic E-state index is 12.4. The molecule has 0 saturated heterocycles. The lowest BCUT2D eigenvalue weighted by Crippen LogP contribution is -2.55. The smallest absolute Gasteiger partial charge is 0.272 e. The number of aromatic nitrogens is 3. The number of rotatable bonds is 4. The molecule has 0 bridgehead atoms. The molecule has 1 amide bonds. The molecule has 2 N–H and O–H groups in total. The number of amides is 1. The molecule has 7 nitrogen and oxygen atoms in total. The van der Waals surface area contributed by atoms with Gasteiger partial charge < -0.3 is 10.1 Å². The number of carbonyl (C=O) groups is 1. The first kappa shape index (κ1) is 17.8. The molecule has 2 aromatic heterocycles. The van der Waals surface area contributed by atoms with Crippen LogP contribution in [0.5, 0.6) is 5.88 Å². The highest BCUT2D eigenvalue weighted by molar-refractivity contribution is 5.94. The largest absolute Gasteiger partial charge is 0.481 e. The van der Waals surface area contributed by atoms with Gasteiger partial charge in [-0.1, -0.05) is 18.2 Å². The number of methoxy groups -OCH3 is 1. The van der Waals surface area contributed by atoms with Gasteiger partial charge in [-0.3, -0.25) is 9.59 Å². The van der Waals surface area contributed by atoms with Crippen LogP contribution in [0.1, 0.15) is 47.7 Å². The third-order valence-electron chi connectivity index (χ3n) is 6.37. The van der Waals surface area contributed by atoms with E-state index in [1.54, 1.807) is 19.2 Å². The second kappa shape index (κ2) is 6.69. The Kier molecular flexibility index (Phi) is 4.12. The van der Waals surface area contributed by atoms with E-state index in [-0.39, 0.29) is 17.5 Å². The first-order valence-electron chi connectivity index (χ1n) is 9.85. The maximum absolute atomic E-state index is 12.4. The van der Waals surface area contributed by atoms with E-state index in [0.29, 0.717) is 28.2 Å². The Labute approximate surface area is 167 Å². The zero-order valence-corrected chi connectivity index (χ0v) is 16.1. The molecular weight excluding hydrogens is 368 g/mol. The van der Waals surface area contributed by atoms with E-state index >= 15 is 0 Å². The van der Waals surface area contributed by atoms with Crippen molar-refractivity contribution in [2.24, 2.45) is 5.41 Å². The lowest BCUT2D eigenvalue weighted by Gasteiger charge is -2.57. The number of fused-ring (bicyclic) bond motifs is 1. The van der Waals surface area contributed by atoms with Gasteiger partial charge in [0, 0.05) is 29.6 Å². The molecule has 1 spiro atoms. The molecule has 148 valence electrons. The van der Waals surface area contributed by atoms with Gasteiger partial charge in [0.15, 0.2) is 0 Å². The summed E-state index contributed by atoms with van der Waals surface area (Å²) in [7, 11) is 1.55. The third kappa shape index (κ3) is 3.06. The van der Waals surface area contributed by atoms with E-state index in [9.17, 15) is 9.59 Å². The standard InChI is InChI=1S/C22H22N4O3/c1-29-18-7-6-13(12-23-18)20(27)24-15-10-22(11-15)8-14(9-22)19-16-4-2-3-5-17(16)21(28)26-25-19/h2-7,12,14-15H,8-11H2,1H3,(H,24,27)(H,26,28)/t14-,15-,22?. The average Bonchev–Trinajstić information content (AvgIpc) is 2.70. The van der Waals surface area contributed by atoms with E-state index in [4.69, 9.17) is 4.74 Å². The fraction of sp³-hybridized carbons (Fsp3) is 0.364. The molecule has 29 heavy (non-hydrogen) atoms. The Morgan fingerprint density at radius 1 is 1.14 bits per heavy atom. The number of hydrogen-bond acceptors (Lipinski definition) is 5. The Balaban J connectivity index is 1.20. The Morgan fingerprint density at radius 2 is 1.90 bits per heavy atom. The van der Waals surface area contributed by atoms with E-state index in [1.807, 2.05) is 24.3 Å². The summed E-state index contributed by atoms with van der Waals surface area (Å²) in [4.78, 5) is 28.5. The van der Waals surface area contributed by atoms with E-state index < -0.39 is 0 Å². The number of benzene rings is 1. The maximum Gasteiger partial charge on any atom is 0.272 e. The van der Waals surface area contributed by atoms with Gasteiger partial charge in [0.1, 0.15) is 0 Å². The average molecular weight is 390 g/mol. The monoisotopic (exact) mass is 390 g/mol. The molecule has 2 saturated carbocycles. The van der Waals surface area contributed by atoms with E-state index in [1.165, 1.54) is 6.20 Å². The topological polar surface area (TPSA) is 97.0 Å². The summed E-state index contributed by atoms with van der Waals surface area (Å²) >= 11 is 0. The lowest BCUT2D eigenvalue weighted by molar-refractivity contribution is -0.0196. The van der Waals surface area contributed by atoms with Gasteiger partial charge in [-0.05, 0) is 43.2 Å². The molecule has 2 fully saturated rings. The van der Waals surface area contributed by atoms with Crippen molar-refractivity contribution in [1.29, 1.82) is 0 Å². The SMILES string of the molecule is COc1ccc(C(=O)N[C@H]2CC3(C2)C[C@H](c2n[nH]c(=O)c4ccccc42)C3)cn1. The number of hydrogen-bond donors (Lipinski definition) is 2. The first-order chi connectivity index (χ1) is 14.1. The highest BCUT2D eigenvalue weighted by Crippen LogP contribution is 2.62. The predicted octanol–water partition coefficient (Wildman–Crippen LogP) is 2.78. The Bertz CT molecular complexity index is 1120. The zero-order valence-electron chi connectivity index (χ0n) is 16.1. The number of carbonyl (C=O) groups excluding carboxylic acids is 1. The summed E-state index contributed by atoms with van der Waals surface area (Å²) < 4.78 is 5.02. The molecule has 1 aromatic carbocycles. The molecule has 0 aliphatic heterocycles. The highest BCUT2D eigenvalue weighted by atomic mass is 16.5. The minimum absolute atomic E-state index is 0.0934. The van der Waals surface area contributed by atoms with Gasteiger partial charge in [0.2, 0.25) is 5.88 Å². The van der Waals surface area contributed by atoms with Crippen LogP contribution < -0.4 is 15.6 Å². The lowest BCUT2D eigenvalue weighted by atomic mass is 9.49. The van der Waals surface area contributed by atoms with Crippen molar-refractivity contribution in [3.63, 3.8) is 0 Å². The molecule has 5 rings (SSSR count).